The van der Waals surface area contributed by atoms with Gasteiger partial charge in [-0.05, 0) is 81.5 Å². The van der Waals surface area contributed by atoms with Gasteiger partial charge in [0, 0.05) is 49.2 Å². The number of nitrogens with one attached hydrogen (secondary N) is 2. The lowest BCUT2D eigenvalue weighted by molar-refractivity contribution is -0.125. The molecule has 0 bridgehead atoms. The Morgan fingerprint density at radius 3 is 2.53 bits per heavy atom. The van der Waals surface area contributed by atoms with Gasteiger partial charge in [-0.1, -0.05) is 39.8 Å². The van der Waals surface area contributed by atoms with Gasteiger partial charge in [0.25, 0.3) is 5.24 Å². The standard InChI is InChI=1S/C27H46N4O2S/c1-9-11-24(25(16-19(3)4)34-27(33)30-20(5)6)22(8)29-17-21(7)28-14-12-23-13-15-31(18-23)26(32)10-2/h10,16-17,19-20,23-24,28H,2,9,11-15,18H2,1,3-8H3,(H,30,33)/b21-17+,25-16+,29-22-/t23-,24?/m1/s1. The molecule has 0 saturated carbocycles. The lowest BCUT2D eigenvalue weighted by atomic mass is 9.96. The third-order valence-corrected chi connectivity index (χ3v) is 6.69. The molecule has 0 aliphatic carbocycles. The van der Waals surface area contributed by atoms with E-state index in [4.69, 9.17) is 4.99 Å². The molecule has 0 aromatic heterocycles. The molecule has 0 spiro atoms. The summed E-state index contributed by atoms with van der Waals surface area (Å²) in [4.78, 5) is 31.9. The van der Waals surface area contributed by atoms with Gasteiger partial charge in [0.15, 0.2) is 0 Å². The first-order valence-corrected chi connectivity index (χ1v) is 13.4. The maximum Gasteiger partial charge on any atom is 0.283 e. The van der Waals surface area contributed by atoms with Crippen molar-refractivity contribution in [2.45, 2.75) is 80.2 Å². The van der Waals surface area contributed by atoms with Crippen LogP contribution in [0.1, 0.15) is 74.1 Å². The van der Waals surface area contributed by atoms with Crippen molar-refractivity contribution >= 4 is 28.6 Å². The van der Waals surface area contributed by atoms with Gasteiger partial charge in [0.1, 0.15) is 0 Å². The smallest absolute Gasteiger partial charge is 0.283 e. The molecule has 2 amide bonds. The quantitative estimate of drug-likeness (QED) is 0.241. The van der Waals surface area contributed by atoms with Gasteiger partial charge in [0.05, 0.1) is 0 Å². The first-order chi connectivity index (χ1) is 16.1. The highest BCUT2D eigenvalue weighted by molar-refractivity contribution is 8.16. The fraction of sp³-hybridized carbons (Fsp3) is 0.667. The Bertz CT molecular complexity index is 771. The third-order valence-electron chi connectivity index (χ3n) is 5.73. The molecule has 1 aliphatic heterocycles. The summed E-state index contributed by atoms with van der Waals surface area (Å²) >= 11 is 1.30. The van der Waals surface area contributed by atoms with E-state index < -0.39 is 0 Å². The fourth-order valence-electron chi connectivity index (χ4n) is 3.97. The summed E-state index contributed by atoms with van der Waals surface area (Å²) in [5, 5.41) is 6.43. The van der Waals surface area contributed by atoms with E-state index in [1.165, 1.54) is 17.8 Å². The molecule has 1 fully saturated rings. The Hall–Kier alpha value is -2.02. The number of likely N-dealkylation sites (tertiary alicyclic amines) is 1. The number of carbonyl (C=O) groups is 2. The van der Waals surface area contributed by atoms with E-state index >= 15 is 0 Å². The molecule has 0 aromatic carbocycles. The Labute approximate surface area is 211 Å². The Kier molecular flexibility index (Phi) is 13.9. The van der Waals surface area contributed by atoms with Gasteiger partial charge in [-0.25, -0.2) is 0 Å². The van der Waals surface area contributed by atoms with Crippen LogP contribution in [0.15, 0.2) is 40.5 Å². The third kappa shape index (κ3) is 11.4. The SMILES string of the molecule is C=CC(=O)N1CC[C@@H](CCN/C(C)=C/N=C(/C)C(CCC)/C(=C\C(C)C)SC(=O)NC(C)C)C1. The molecule has 2 N–H and O–H groups in total. The zero-order chi connectivity index (χ0) is 25.7. The summed E-state index contributed by atoms with van der Waals surface area (Å²) in [6, 6.07) is 0.117. The number of thioether (sulfide) groups is 1. The molecule has 1 heterocycles. The van der Waals surface area contributed by atoms with Crippen LogP contribution in [0.25, 0.3) is 0 Å². The number of aliphatic imine (C=N–C) groups is 1. The van der Waals surface area contributed by atoms with Crippen molar-refractivity contribution in [3.63, 3.8) is 0 Å². The minimum Gasteiger partial charge on any atom is -0.387 e. The van der Waals surface area contributed by atoms with Gasteiger partial charge >= 0.3 is 0 Å². The van der Waals surface area contributed by atoms with Crippen LogP contribution < -0.4 is 10.6 Å². The molecule has 34 heavy (non-hydrogen) atoms. The van der Waals surface area contributed by atoms with Crippen LogP contribution >= 0.6 is 11.8 Å². The predicted octanol–water partition coefficient (Wildman–Crippen LogP) is 6.13. The second kappa shape index (κ2) is 15.8. The van der Waals surface area contributed by atoms with Gasteiger partial charge in [-0.2, -0.15) is 0 Å². The van der Waals surface area contributed by atoms with Crippen LogP contribution in [0, 0.1) is 17.8 Å². The number of allylic oxidation sites excluding steroid dienone is 3. The second-order valence-corrected chi connectivity index (χ2v) is 10.8. The highest BCUT2D eigenvalue weighted by Gasteiger charge is 2.24. The van der Waals surface area contributed by atoms with Crippen LogP contribution in [0.5, 0.6) is 0 Å². The molecule has 2 atom stereocenters. The Morgan fingerprint density at radius 2 is 1.94 bits per heavy atom. The van der Waals surface area contributed by atoms with Crippen molar-refractivity contribution in [1.82, 2.24) is 15.5 Å². The summed E-state index contributed by atoms with van der Waals surface area (Å²) in [5.74, 6) is 1.05. The van der Waals surface area contributed by atoms with Gasteiger partial charge in [-0.3, -0.25) is 14.6 Å². The summed E-state index contributed by atoms with van der Waals surface area (Å²) in [5.41, 5.74) is 2.04. The largest absolute Gasteiger partial charge is 0.387 e. The Morgan fingerprint density at radius 1 is 1.24 bits per heavy atom. The molecule has 0 radical (unpaired) electrons. The van der Waals surface area contributed by atoms with E-state index in [-0.39, 0.29) is 23.1 Å². The van der Waals surface area contributed by atoms with E-state index in [0.29, 0.717) is 11.8 Å². The van der Waals surface area contributed by atoms with Crippen molar-refractivity contribution in [3.8, 4) is 0 Å². The van der Waals surface area contributed by atoms with E-state index in [1.807, 2.05) is 31.9 Å². The highest BCUT2D eigenvalue weighted by Crippen LogP contribution is 2.31. The molecule has 192 valence electrons. The minimum absolute atomic E-state index is 0.00976. The van der Waals surface area contributed by atoms with E-state index in [1.54, 1.807) is 0 Å². The lowest BCUT2D eigenvalue weighted by Gasteiger charge is -2.21. The summed E-state index contributed by atoms with van der Waals surface area (Å²) in [7, 11) is 0. The minimum atomic E-state index is -0.00976. The average molecular weight is 491 g/mol. The highest BCUT2D eigenvalue weighted by atomic mass is 32.2. The fourth-order valence-corrected chi connectivity index (χ4v) is 5.25. The molecule has 1 saturated heterocycles. The van der Waals surface area contributed by atoms with Crippen LogP contribution in [-0.2, 0) is 4.79 Å². The molecule has 1 aliphatic rings. The monoisotopic (exact) mass is 490 g/mol. The number of amides is 2. The molecule has 7 heteroatoms. The topological polar surface area (TPSA) is 73.8 Å². The molecule has 6 nitrogen and oxygen atoms in total. The van der Waals surface area contributed by atoms with Crippen LogP contribution in [0.4, 0.5) is 4.79 Å². The summed E-state index contributed by atoms with van der Waals surface area (Å²) in [6.45, 7) is 20.6. The van der Waals surface area contributed by atoms with Crippen LogP contribution in [0.3, 0.4) is 0 Å². The van der Waals surface area contributed by atoms with Crippen molar-refractivity contribution < 1.29 is 9.59 Å². The number of carbonyl (C=O) groups excluding carboxylic acids is 2. The lowest BCUT2D eigenvalue weighted by Crippen LogP contribution is -2.27. The molecule has 0 aromatic rings. The van der Waals surface area contributed by atoms with Crippen LogP contribution in [0.2, 0.25) is 0 Å². The number of hydrogen-bond donors (Lipinski definition) is 2. The molecular formula is C27H46N4O2S. The molecule has 1 unspecified atom stereocenters. The van der Waals surface area contributed by atoms with Crippen molar-refractivity contribution in [1.29, 1.82) is 0 Å². The molecular weight excluding hydrogens is 444 g/mol. The van der Waals surface area contributed by atoms with E-state index in [0.717, 1.165) is 61.6 Å². The second-order valence-electron chi connectivity index (χ2n) is 9.78. The summed E-state index contributed by atoms with van der Waals surface area (Å²) in [6.07, 6.45) is 9.54. The van der Waals surface area contributed by atoms with Crippen molar-refractivity contribution in [2.24, 2.45) is 22.7 Å². The average Bonchev–Trinajstić information content (AvgIpc) is 3.22. The summed E-state index contributed by atoms with van der Waals surface area (Å²) < 4.78 is 0. The van der Waals surface area contributed by atoms with Gasteiger partial charge in [0.2, 0.25) is 5.91 Å². The van der Waals surface area contributed by atoms with Gasteiger partial charge < -0.3 is 15.5 Å². The first-order valence-electron chi connectivity index (χ1n) is 12.6. The van der Waals surface area contributed by atoms with Crippen molar-refractivity contribution in [3.05, 3.63) is 35.5 Å². The first kappa shape index (κ1) is 30.0. The predicted molar refractivity (Wildman–Crippen MR) is 147 cm³/mol. The Balaban J connectivity index is 2.76. The zero-order valence-corrected chi connectivity index (χ0v) is 23.1. The van der Waals surface area contributed by atoms with Crippen LogP contribution in [-0.4, -0.2) is 47.4 Å². The normalized spacial score (nSPS) is 18.4. The maximum absolute atomic E-state index is 12.5. The maximum atomic E-state index is 12.5. The molecule has 1 rings (SSSR count). The number of rotatable bonds is 13. The number of hydrogen-bond acceptors (Lipinski definition) is 5. The number of nitrogens with zero attached hydrogens (tertiary/aromatic N) is 2. The van der Waals surface area contributed by atoms with Gasteiger partial charge in [-0.15, -0.1) is 0 Å². The van der Waals surface area contributed by atoms with E-state index in [9.17, 15) is 9.59 Å². The van der Waals surface area contributed by atoms with E-state index in [2.05, 4.69) is 51.0 Å². The van der Waals surface area contributed by atoms with Crippen molar-refractivity contribution in [2.75, 3.05) is 19.6 Å². The zero-order valence-electron chi connectivity index (χ0n) is 22.3.